The first-order valence-corrected chi connectivity index (χ1v) is 7.85. The van der Waals surface area contributed by atoms with Crippen LogP contribution in [0.5, 0.6) is 0 Å². The van der Waals surface area contributed by atoms with Crippen LogP contribution in [0.25, 0.3) is 0 Å². The molecular formula is C14H19ClN2O3S. The molecule has 0 aliphatic carbocycles. The molecule has 116 valence electrons. The van der Waals surface area contributed by atoms with E-state index >= 15 is 0 Å². The monoisotopic (exact) mass is 330 g/mol. The number of nitrogens with one attached hydrogen (secondary N) is 1. The van der Waals surface area contributed by atoms with E-state index in [9.17, 15) is 9.59 Å². The zero-order valence-corrected chi connectivity index (χ0v) is 13.8. The van der Waals surface area contributed by atoms with Crippen molar-refractivity contribution in [3.05, 3.63) is 23.2 Å². The SMILES string of the molecule is CC(C)(C)OC(=O)CSCC(=O)Nc1ccc(Cl)c(N)c1. The van der Waals surface area contributed by atoms with E-state index in [1.807, 2.05) is 0 Å². The number of benzene rings is 1. The maximum absolute atomic E-state index is 11.7. The maximum atomic E-state index is 11.7. The Balaban J connectivity index is 2.34. The summed E-state index contributed by atoms with van der Waals surface area (Å²) in [5, 5.41) is 3.12. The van der Waals surface area contributed by atoms with Gasteiger partial charge in [-0.15, -0.1) is 11.8 Å². The fourth-order valence-electron chi connectivity index (χ4n) is 1.42. The van der Waals surface area contributed by atoms with Gasteiger partial charge in [0.1, 0.15) is 5.60 Å². The number of esters is 1. The van der Waals surface area contributed by atoms with Crippen molar-refractivity contribution in [2.24, 2.45) is 0 Å². The Bertz CT molecular complexity index is 529. The topological polar surface area (TPSA) is 81.4 Å². The molecule has 21 heavy (non-hydrogen) atoms. The van der Waals surface area contributed by atoms with Crippen LogP contribution in [0.15, 0.2) is 18.2 Å². The van der Waals surface area contributed by atoms with Crippen molar-refractivity contribution in [2.75, 3.05) is 22.6 Å². The molecule has 0 bridgehead atoms. The van der Waals surface area contributed by atoms with E-state index in [0.29, 0.717) is 16.4 Å². The quantitative estimate of drug-likeness (QED) is 0.640. The van der Waals surface area contributed by atoms with Crippen molar-refractivity contribution in [1.29, 1.82) is 0 Å². The Morgan fingerprint density at radius 2 is 2.00 bits per heavy atom. The molecule has 0 saturated carbocycles. The Morgan fingerprint density at radius 1 is 1.33 bits per heavy atom. The lowest BCUT2D eigenvalue weighted by atomic mass is 10.2. The summed E-state index contributed by atoms with van der Waals surface area (Å²) in [5.74, 6) is -0.267. The van der Waals surface area contributed by atoms with E-state index < -0.39 is 5.60 Å². The minimum Gasteiger partial charge on any atom is -0.459 e. The van der Waals surface area contributed by atoms with Gasteiger partial charge in [0.05, 0.1) is 22.2 Å². The molecule has 7 heteroatoms. The van der Waals surface area contributed by atoms with Crippen molar-refractivity contribution < 1.29 is 14.3 Å². The number of hydrogen-bond acceptors (Lipinski definition) is 5. The molecule has 0 radical (unpaired) electrons. The second-order valence-corrected chi connectivity index (χ2v) is 6.76. The van der Waals surface area contributed by atoms with Gasteiger partial charge in [-0.3, -0.25) is 9.59 Å². The standard InChI is InChI=1S/C14H19ClN2O3S/c1-14(2,3)20-13(19)8-21-7-12(18)17-9-4-5-10(15)11(16)6-9/h4-6H,7-8,16H2,1-3H3,(H,17,18). The number of ether oxygens (including phenoxy) is 1. The smallest absolute Gasteiger partial charge is 0.316 e. The lowest BCUT2D eigenvalue weighted by Gasteiger charge is -2.19. The molecule has 1 aromatic carbocycles. The minimum atomic E-state index is -0.513. The third kappa shape index (κ3) is 7.24. The van der Waals surface area contributed by atoms with Crippen LogP contribution in [0.4, 0.5) is 11.4 Å². The summed E-state index contributed by atoms with van der Waals surface area (Å²) in [6, 6.07) is 4.86. The largest absolute Gasteiger partial charge is 0.459 e. The van der Waals surface area contributed by atoms with Gasteiger partial charge in [-0.05, 0) is 39.0 Å². The molecule has 0 unspecified atom stereocenters. The molecule has 0 spiro atoms. The number of thioether (sulfide) groups is 1. The van der Waals surface area contributed by atoms with Crippen molar-refractivity contribution in [3.63, 3.8) is 0 Å². The van der Waals surface area contributed by atoms with Gasteiger partial charge in [-0.1, -0.05) is 11.6 Å². The highest BCUT2D eigenvalue weighted by molar-refractivity contribution is 8.00. The van der Waals surface area contributed by atoms with Crippen LogP contribution in [0.3, 0.4) is 0 Å². The van der Waals surface area contributed by atoms with E-state index in [0.717, 1.165) is 0 Å². The maximum Gasteiger partial charge on any atom is 0.316 e. The molecule has 0 atom stereocenters. The van der Waals surface area contributed by atoms with E-state index in [-0.39, 0.29) is 23.4 Å². The second-order valence-electron chi connectivity index (χ2n) is 5.36. The highest BCUT2D eigenvalue weighted by Crippen LogP contribution is 2.22. The molecule has 0 aromatic heterocycles. The van der Waals surface area contributed by atoms with Crippen LogP contribution >= 0.6 is 23.4 Å². The third-order valence-electron chi connectivity index (χ3n) is 2.15. The van der Waals surface area contributed by atoms with Crippen LogP contribution < -0.4 is 11.1 Å². The first kappa shape index (κ1) is 17.7. The average Bonchev–Trinajstić information content (AvgIpc) is 2.31. The number of anilines is 2. The molecule has 5 nitrogen and oxygen atoms in total. The highest BCUT2D eigenvalue weighted by atomic mass is 35.5. The zero-order valence-electron chi connectivity index (χ0n) is 12.2. The lowest BCUT2D eigenvalue weighted by Crippen LogP contribution is -2.25. The van der Waals surface area contributed by atoms with Crippen molar-refractivity contribution >= 4 is 46.6 Å². The summed E-state index contributed by atoms with van der Waals surface area (Å²) in [7, 11) is 0. The number of hydrogen-bond donors (Lipinski definition) is 2. The Hall–Kier alpha value is -1.40. The normalized spacial score (nSPS) is 11.0. The Kier molecular flexibility index (Phi) is 6.36. The van der Waals surface area contributed by atoms with Gasteiger partial charge in [0, 0.05) is 5.69 Å². The van der Waals surface area contributed by atoms with Crippen LogP contribution in [0.2, 0.25) is 5.02 Å². The Labute approximate surface area is 133 Å². The van der Waals surface area contributed by atoms with Crippen molar-refractivity contribution in [1.82, 2.24) is 0 Å². The summed E-state index contributed by atoms with van der Waals surface area (Å²) in [6.07, 6.45) is 0. The predicted octanol–water partition coefficient (Wildman–Crippen LogP) is 2.94. The van der Waals surface area contributed by atoms with E-state index in [1.54, 1.807) is 39.0 Å². The number of carbonyl (C=O) groups is 2. The molecular weight excluding hydrogens is 312 g/mol. The summed E-state index contributed by atoms with van der Waals surface area (Å²) in [4.78, 5) is 23.2. The average molecular weight is 331 g/mol. The van der Waals surface area contributed by atoms with Crippen LogP contribution in [0, 0.1) is 0 Å². The van der Waals surface area contributed by atoms with Crippen LogP contribution in [0.1, 0.15) is 20.8 Å². The fourth-order valence-corrected chi connectivity index (χ4v) is 2.12. The van der Waals surface area contributed by atoms with Gasteiger partial charge in [0.2, 0.25) is 5.91 Å². The summed E-state index contributed by atoms with van der Waals surface area (Å²) < 4.78 is 5.14. The van der Waals surface area contributed by atoms with E-state index in [2.05, 4.69) is 5.32 Å². The van der Waals surface area contributed by atoms with Gasteiger partial charge in [0.15, 0.2) is 0 Å². The molecule has 0 fully saturated rings. The highest BCUT2D eigenvalue weighted by Gasteiger charge is 2.16. The zero-order chi connectivity index (χ0) is 16.0. The van der Waals surface area contributed by atoms with Crippen LogP contribution in [-0.2, 0) is 14.3 Å². The molecule has 3 N–H and O–H groups in total. The van der Waals surface area contributed by atoms with Gasteiger partial charge in [-0.2, -0.15) is 0 Å². The lowest BCUT2D eigenvalue weighted by molar-refractivity contribution is -0.151. The number of carbonyl (C=O) groups excluding carboxylic acids is 2. The number of nitrogens with two attached hydrogens (primary N) is 1. The van der Waals surface area contributed by atoms with E-state index in [4.69, 9.17) is 22.1 Å². The minimum absolute atomic E-state index is 0.132. The number of rotatable bonds is 5. The predicted molar refractivity (Wildman–Crippen MR) is 87.7 cm³/mol. The molecule has 1 aromatic rings. The number of halogens is 1. The van der Waals surface area contributed by atoms with Crippen molar-refractivity contribution in [3.8, 4) is 0 Å². The number of amides is 1. The summed E-state index contributed by atoms with van der Waals surface area (Å²) in [6.45, 7) is 5.40. The van der Waals surface area contributed by atoms with Gasteiger partial charge >= 0.3 is 5.97 Å². The Morgan fingerprint density at radius 3 is 2.57 bits per heavy atom. The van der Waals surface area contributed by atoms with E-state index in [1.165, 1.54) is 11.8 Å². The summed E-state index contributed by atoms with van der Waals surface area (Å²) in [5.41, 5.74) is 6.10. The van der Waals surface area contributed by atoms with Gasteiger partial charge in [-0.25, -0.2) is 0 Å². The van der Waals surface area contributed by atoms with Gasteiger partial charge in [0.25, 0.3) is 0 Å². The van der Waals surface area contributed by atoms with Gasteiger partial charge < -0.3 is 15.8 Å². The molecule has 0 saturated heterocycles. The molecule has 0 heterocycles. The van der Waals surface area contributed by atoms with Crippen molar-refractivity contribution in [2.45, 2.75) is 26.4 Å². The molecule has 1 rings (SSSR count). The summed E-state index contributed by atoms with van der Waals surface area (Å²) >= 11 is 6.99. The van der Waals surface area contributed by atoms with Crippen LogP contribution in [-0.4, -0.2) is 29.0 Å². The molecule has 0 aliphatic heterocycles. The third-order valence-corrected chi connectivity index (χ3v) is 3.40. The number of nitrogen functional groups attached to an aromatic ring is 1. The first-order chi connectivity index (χ1) is 9.67. The second kappa shape index (κ2) is 7.56. The first-order valence-electron chi connectivity index (χ1n) is 6.32. The fraction of sp³-hybridized carbons (Fsp3) is 0.429. The molecule has 0 aliphatic rings. The molecule has 1 amide bonds.